The van der Waals surface area contributed by atoms with Crippen LogP contribution in [-0.4, -0.2) is 17.2 Å². The third-order valence-corrected chi connectivity index (χ3v) is 3.81. The molecule has 0 saturated carbocycles. The van der Waals surface area contributed by atoms with Gasteiger partial charge in [-0.15, -0.1) is 0 Å². The Balaban J connectivity index is 2.52. The molecule has 0 fully saturated rings. The molecule has 0 radical (unpaired) electrons. The van der Waals surface area contributed by atoms with Gasteiger partial charge in [-0.25, -0.2) is 0 Å². The highest BCUT2D eigenvalue weighted by Crippen LogP contribution is 2.49. The fourth-order valence-corrected chi connectivity index (χ4v) is 2.65. The van der Waals surface area contributed by atoms with Gasteiger partial charge in [0.1, 0.15) is 0 Å². The molecule has 1 aliphatic heterocycles. The highest BCUT2D eigenvalue weighted by Gasteiger charge is 2.62. The molecule has 104 valence electrons. The minimum atomic E-state index is -4.63. The Bertz CT molecular complexity index is 515. The van der Waals surface area contributed by atoms with Crippen LogP contribution in [0.2, 0.25) is 10.0 Å². The molecule has 1 aromatic rings. The molecule has 2 rings (SSSR count). The lowest BCUT2D eigenvalue weighted by molar-refractivity contribution is -0.275. The van der Waals surface area contributed by atoms with Crippen LogP contribution in [-0.2, 0) is 10.4 Å². The molecule has 0 spiro atoms. The van der Waals surface area contributed by atoms with E-state index in [1.165, 1.54) is 18.2 Å². The van der Waals surface area contributed by atoms with Crippen LogP contribution in [0.5, 0.6) is 0 Å². The van der Waals surface area contributed by atoms with E-state index < -0.39 is 18.2 Å². The molecule has 1 heterocycles. The van der Waals surface area contributed by atoms with Crippen molar-refractivity contribution >= 4 is 44.8 Å². The summed E-state index contributed by atoms with van der Waals surface area (Å²) in [6, 6.07) is 3.74. The SMILES string of the molecule is FC(F)(F)C1(c2cc(Cl)cc(Cl)c2)CC(CBr)=NO1. The predicted octanol–water partition coefficient (Wildman–Crippen LogP) is 4.92. The van der Waals surface area contributed by atoms with Gasteiger partial charge < -0.3 is 4.84 Å². The number of rotatable bonds is 2. The summed E-state index contributed by atoms with van der Waals surface area (Å²) in [4.78, 5) is 4.72. The number of nitrogens with zero attached hydrogens (tertiary/aromatic N) is 1. The Morgan fingerprint density at radius 3 is 2.26 bits per heavy atom. The summed E-state index contributed by atoms with van der Waals surface area (Å²) in [6.45, 7) is 0. The molecule has 0 aromatic heterocycles. The van der Waals surface area contributed by atoms with Crippen molar-refractivity contribution in [1.29, 1.82) is 0 Å². The fraction of sp³-hybridized carbons (Fsp3) is 0.364. The second kappa shape index (κ2) is 5.14. The molecule has 8 heteroatoms. The minimum Gasteiger partial charge on any atom is -0.374 e. The lowest BCUT2D eigenvalue weighted by atomic mass is 9.88. The molecule has 0 aliphatic carbocycles. The monoisotopic (exact) mass is 375 g/mol. The Kier molecular flexibility index (Phi) is 4.05. The molecule has 0 amide bonds. The number of hydrogen-bond donors (Lipinski definition) is 0. The van der Waals surface area contributed by atoms with E-state index in [9.17, 15) is 13.2 Å². The van der Waals surface area contributed by atoms with Crippen LogP contribution in [0.15, 0.2) is 23.4 Å². The largest absolute Gasteiger partial charge is 0.435 e. The topological polar surface area (TPSA) is 21.6 Å². The molecule has 0 N–H and O–H groups in total. The summed E-state index contributed by atoms with van der Waals surface area (Å²) in [6.07, 6.45) is -5.02. The van der Waals surface area contributed by atoms with Crippen molar-refractivity contribution in [3.63, 3.8) is 0 Å². The third kappa shape index (κ3) is 2.71. The number of benzene rings is 1. The molecule has 1 unspecified atom stereocenters. The van der Waals surface area contributed by atoms with E-state index in [0.717, 1.165) is 0 Å². The van der Waals surface area contributed by atoms with Crippen molar-refractivity contribution in [2.75, 3.05) is 5.33 Å². The normalized spacial score (nSPS) is 23.2. The molecule has 0 bridgehead atoms. The summed E-state index contributed by atoms with van der Waals surface area (Å²) in [5.74, 6) is 0. The van der Waals surface area contributed by atoms with Crippen LogP contribution in [0.4, 0.5) is 13.2 Å². The van der Waals surface area contributed by atoms with Crippen molar-refractivity contribution < 1.29 is 18.0 Å². The van der Waals surface area contributed by atoms with Crippen LogP contribution in [0.1, 0.15) is 12.0 Å². The van der Waals surface area contributed by atoms with E-state index in [1.807, 2.05) is 0 Å². The van der Waals surface area contributed by atoms with Gasteiger partial charge in [-0.1, -0.05) is 44.3 Å². The lowest BCUT2D eigenvalue weighted by Crippen LogP contribution is -2.42. The van der Waals surface area contributed by atoms with Crippen molar-refractivity contribution in [2.45, 2.75) is 18.2 Å². The highest BCUT2D eigenvalue weighted by atomic mass is 79.9. The van der Waals surface area contributed by atoms with Gasteiger partial charge in [0.25, 0.3) is 5.60 Å². The number of hydrogen-bond acceptors (Lipinski definition) is 2. The molecule has 1 aliphatic rings. The average Bonchev–Trinajstić information content (AvgIpc) is 2.72. The van der Waals surface area contributed by atoms with Crippen LogP contribution in [0, 0.1) is 0 Å². The number of oxime groups is 1. The van der Waals surface area contributed by atoms with Crippen LogP contribution >= 0.6 is 39.1 Å². The highest BCUT2D eigenvalue weighted by molar-refractivity contribution is 9.09. The summed E-state index contributed by atoms with van der Waals surface area (Å²) in [5.41, 5.74) is -2.41. The van der Waals surface area contributed by atoms with Crippen LogP contribution in [0.3, 0.4) is 0 Å². The molecular weight excluding hydrogens is 370 g/mol. The summed E-state index contributed by atoms with van der Waals surface area (Å²) < 4.78 is 40.1. The van der Waals surface area contributed by atoms with E-state index >= 15 is 0 Å². The maximum Gasteiger partial charge on any atom is 0.435 e. The van der Waals surface area contributed by atoms with Gasteiger partial charge in [-0.2, -0.15) is 13.2 Å². The van der Waals surface area contributed by atoms with Gasteiger partial charge in [0.05, 0.1) is 5.71 Å². The Morgan fingerprint density at radius 2 is 1.84 bits per heavy atom. The molecule has 19 heavy (non-hydrogen) atoms. The van der Waals surface area contributed by atoms with Gasteiger partial charge >= 0.3 is 6.18 Å². The maximum atomic E-state index is 13.4. The first-order valence-corrected chi connectivity index (χ1v) is 6.99. The standard InChI is InChI=1S/C11H7BrCl2F3NO/c12-5-9-4-10(19-18-9,11(15,16)17)6-1-7(13)3-8(14)2-6/h1-3H,4-5H2. The summed E-state index contributed by atoms with van der Waals surface area (Å²) in [5, 5.41) is 3.91. The first-order chi connectivity index (χ1) is 8.78. The number of alkyl halides is 4. The molecule has 1 aromatic carbocycles. The smallest absolute Gasteiger partial charge is 0.374 e. The molecule has 0 saturated heterocycles. The second-order valence-corrected chi connectivity index (χ2v) is 5.48. The predicted molar refractivity (Wildman–Crippen MR) is 71.1 cm³/mol. The quantitative estimate of drug-likeness (QED) is 0.671. The fourth-order valence-electron chi connectivity index (χ4n) is 1.82. The Hall–Kier alpha value is -0.460. The summed E-state index contributed by atoms with van der Waals surface area (Å²) in [7, 11) is 0. The first kappa shape index (κ1) is 14.9. The van der Waals surface area contributed by atoms with Gasteiger partial charge in [-0.3, -0.25) is 0 Å². The third-order valence-electron chi connectivity index (χ3n) is 2.72. The van der Waals surface area contributed by atoms with Crippen molar-refractivity contribution in [2.24, 2.45) is 5.16 Å². The molecular formula is C11H7BrCl2F3NO. The van der Waals surface area contributed by atoms with Crippen molar-refractivity contribution in [3.05, 3.63) is 33.8 Å². The van der Waals surface area contributed by atoms with Crippen LogP contribution in [0.25, 0.3) is 0 Å². The Labute approximate surface area is 125 Å². The van der Waals surface area contributed by atoms with Crippen molar-refractivity contribution in [1.82, 2.24) is 0 Å². The average molecular weight is 377 g/mol. The maximum absolute atomic E-state index is 13.4. The van der Waals surface area contributed by atoms with Gasteiger partial charge in [0.15, 0.2) is 0 Å². The van der Waals surface area contributed by atoms with E-state index in [4.69, 9.17) is 28.0 Å². The van der Waals surface area contributed by atoms with Crippen molar-refractivity contribution in [3.8, 4) is 0 Å². The second-order valence-electron chi connectivity index (χ2n) is 4.04. The zero-order valence-electron chi connectivity index (χ0n) is 9.27. The van der Waals surface area contributed by atoms with Gasteiger partial charge in [0, 0.05) is 27.4 Å². The molecule has 2 nitrogen and oxygen atoms in total. The summed E-state index contributed by atoms with van der Waals surface area (Å²) >= 11 is 14.6. The van der Waals surface area contributed by atoms with Gasteiger partial charge in [0.2, 0.25) is 0 Å². The van der Waals surface area contributed by atoms with Gasteiger partial charge in [-0.05, 0) is 18.2 Å². The zero-order valence-corrected chi connectivity index (χ0v) is 12.4. The minimum absolute atomic E-state index is 0.113. The Morgan fingerprint density at radius 1 is 1.26 bits per heavy atom. The van der Waals surface area contributed by atoms with E-state index in [0.29, 0.717) is 0 Å². The van der Waals surface area contributed by atoms with E-state index in [-0.39, 0.29) is 26.7 Å². The van der Waals surface area contributed by atoms with Crippen LogP contribution < -0.4 is 0 Å². The molecule has 1 atom stereocenters. The number of halogens is 6. The first-order valence-electron chi connectivity index (χ1n) is 5.12. The van der Waals surface area contributed by atoms with E-state index in [2.05, 4.69) is 21.1 Å². The van der Waals surface area contributed by atoms with E-state index in [1.54, 1.807) is 0 Å². The lowest BCUT2D eigenvalue weighted by Gasteiger charge is -2.29. The zero-order chi connectivity index (χ0) is 14.3.